The fraction of sp³-hybridized carbons (Fsp3) is 0.457. The first-order valence-electron chi connectivity index (χ1n) is 16.2. The maximum absolute atomic E-state index is 14.8. The summed E-state index contributed by atoms with van der Waals surface area (Å²) in [5, 5.41) is 15.5. The molecular weight excluding hydrogens is 642 g/mol. The van der Waals surface area contributed by atoms with Gasteiger partial charge in [0, 0.05) is 37.0 Å². The third-order valence-corrected chi connectivity index (χ3v) is 8.13. The number of benzene rings is 1. The van der Waals surface area contributed by atoms with Crippen molar-refractivity contribution in [3.63, 3.8) is 0 Å². The molecule has 1 saturated heterocycles. The number of halogens is 2. The van der Waals surface area contributed by atoms with Crippen LogP contribution in [0.3, 0.4) is 0 Å². The molecule has 0 aliphatic carbocycles. The van der Waals surface area contributed by atoms with Crippen LogP contribution in [0.2, 0.25) is 0 Å². The Hall–Kier alpha value is -4.85. The molecule has 264 valence electrons. The van der Waals surface area contributed by atoms with Crippen LogP contribution in [0.1, 0.15) is 56.4 Å². The molecule has 2 bridgehead atoms. The molecular formula is C35H42F2N4O8. The number of nitrogens with zero attached hydrogens (tertiary/aromatic N) is 2. The minimum absolute atomic E-state index is 0.0194. The molecule has 3 N–H and O–H groups in total. The fourth-order valence-electron chi connectivity index (χ4n) is 5.62. The van der Waals surface area contributed by atoms with E-state index in [1.165, 1.54) is 41.3 Å². The van der Waals surface area contributed by atoms with E-state index in [9.17, 15) is 33.1 Å². The van der Waals surface area contributed by atoms with Crippen molar-refractivity contribution in [1.29, 1.82) is 0 Å². The van der Waals surface area contributed by atoms with E-state index in [4.69, 9.17) is 13.9 Å². The molecule has 2 aromatic rings. The number of esters is 1. The summed E-state index contributed by atoms with van der Waals surface area (Å²) in [6.45, 7) is 5.43. The van der Waals surface area contributed by atoms with Crippen LogP contribution in [0, 0.1) is 17.7 Å². The van der Waals surface area contributed by atoms with Gasteiger partial charge in [0.2, 0.25) is 5.91 Å². The third-order valence-electron chi connectivity index (χ3n) is 8.13. The molecule has 1 aromatic carbocycles. The first-order chi connectivity index (χ1) is 23.4. The van der Waals surface area contributed by atoms with Crippen LogP contribution in [-0.2, 0) is 25.5 Å². The topological polar surface area (TPSA) is 160 Å². The average Bonchev–Trinajstić information content (AvgIpc) is 3.74. The van der Waals surface area contributed by atoms with E-state index in [0.29, 0.717) is 24.1 Å². The summed E-state index contributed by atoms with van der Waals surface area (Å²) >= 11 is 0. The van der Waals surface area contributed by atoms with Crippen LogP contribution < -0.4 is 10.6 Å². The molecule has 0 spiro atoms. The van der Waals surface area contributed by atoms with Gasteiger partial charge < -0.3 is 29.2 Å². The number of carbonyl (C=O) groups is 4. The number of carbonyl (C=O) groups excluding carboxylic acids is 4. The highest BCUT2D eigenvalue weighted by Gasteiger charge is 2.39. The second-order valence-electron chi connectivity index (χ2n) is 12.3. The number of cyclic esters (lactones) is 1. The molecule has 3 heterocycles. The number of ether oxygens (including phenoxy) is 2. The van der Waals surface area contributed by atoms with Crippen molar-refractivity contribution in [3.05, 3.63) is 83.9 Å². The molecule has 0 unspecified atom stereocenters. The van der Waals surface area contributed by atoms with Gasteiger partial charge in [0.1, 0.15) is 30.4 Å². The minimum Gasteiger partial charge on any atom is -0.460 e. The van der Waals surface area contributed by atoms with Gasteiger partial charge in [-0.3, -0.25) is 14.9 Å². The SMILES string of the molecule is CC1=C\[C@@H](O)C[C@@H](F)Cc2nc(co2)C(=O)N2CCC[C@@H]2C(=O)O[C@H]([C@@H](C)COC(=O)Nc2ccc(F)cc2)[C@H](C)/C=C/C(=O)NC\C=C\1. The maximum Gasteiger partial charge on any atom is 0.411 e. The lowest BCUT2D eigenvalue weighted by molar-refractivity contribution is -0.159. The van der Waals surface area contributed by atoms with Crippen molar-refractivity contribution >= 4 is 29.6 Å². The van der Waals surface area contributed by atoms with Gasteiger partial charge in [0.15, 0.2) is 11.6 Å². The molecule has 2 aliphatic heterocycles. The Labute approximate surface area is 283 Å². The number of oxazole rings is 1. The van der Waals surface area contributed by atoms with Crippen LogP contribution in [0.15, 0.2) is 70.9 Å². The highest BCUT2D eigenvalue weighted by molar-refractivity contribution is 5.95. The molecule has 0 saturated carbocycles. The summed E-state index contributed by atoms with van der Waals surface area (Å²) in [5.41, 5.74) is 0.896. The highest BCUT2D eigenvalue weighted by atomic mass is 19.1. The van der Waals surface area contributed by atoms with Crippen LogP contribution in [0.4, 0.5) is 19.3 Å². The average molecular weight is 685 g/mol. The number of hydrogen-bond donors (Lipinski definition) is 3. The van der Waals surface area contributed by atoms with Gasteiger partial charge in [-0.2, -0.15) is 0 Å². The van der Waals surface area contributed by atoms with Gasteiger partial charge >= 0.3 is 12.1 Å². The van der Waals surface area contributed by atoms with Gasteiger partial charge in [0.05, 0.1) is 19.1 Å². The van der Waals surface area contributed by atoms with E-state index in [0.717, 1.165) is 6.26 Å². The summed E-state index contributed by atoms with van der Waals surface area (Å²) in [6, 6.07) is 4.19. The lowest BCUT2D eigenvalue weighted by Gasteiger charge is -2.30. The van der Waals surface area contributed by atoms with Crippen molar-refractivity contribution in [2.75, 3.05) is 25.0 Å². The summed E-state index contributed by atoms with van der Waals surface area (Å²) in [5.74, 6) is -3.26. The lowest BCUT2D eigenvalue weighted by Crippen LogP contribution is -2.44. The molecule has 49 heavy (non-hydrogen) atoms. The summed E-state index contributed by atoms with van der Waals surface area (Å²) in [4.78, 5) is 57.5. The van der Waals surface area contributed by atoms with E-state index in [-0.39, 0.29) is 44.1 Å². The molecule has 4 rings (SSSR count). The monoisotopic (exact) mass is 684 g/mol. The zero-order valence-electron chi connectivity index (χ0n) is 27.6. The van der Waals surface area contributed by atoms with Gasteiger partial charge in [-0.1, -0.05) is 43.7 Å². The number of aromatic nitrogens is 1. The van der Waals surface area contributed by atoms with Crippen molar-refractivity contribution in [2.45, 2.75) is 70.9 Å². The number of alkyl halides is 1. The van der Waals surface area contributed by atoms with Gasteiger partial charge in [-0.15, -0.1) is 0 Å². The summed E-state index contributed by atoms with van der Waals surface area (Å²) in [7, 11) is 0. The lowest BCUT2D eigenvalue weighted by atomic mass is 9.93. The Morgan fingerprint density at radius 1 is 1.22 bits per heavy atom. The smallest absolute Gasteiger partial charge is 0.411 e. The van der Waals surface area contributed by atoms with Crippen molar-refractivity contribution in [2.24, 2.45) is 11.8 Å². The minimum atomic E-state index is -1.51. The van der Waals surface area contributed by atoms with E-state index >= 15 is 0 Å². The standard InChI is InChI=1S/C35H42F2N4O8/c1-21-6-4-14-38-30(43)13-8-22(2)32(23(3)19-48-35(46)39-26-11-9-24(36)10-12-26)49-34(45)29-7-5-15-41(29)33(44)28-20-47-31(40-28)18-25(37)17-27(42)16-21/h4,6,8-13,16,20,22-23,25,27,29,32,42H,5,7,14-15,17-19H2,1-3H3,(H,38,43)(H,39,46)/b6-4+,13-8+,21-16+/t22-,23+,25-,27-,29-,32+/m1/s1. The number of rotatable bonds is 4. The second-order valence-corrected chi connectivity index (χ2v) is 12.3. The number of aliphatic hydroxyl groups is 1. The Kier molecular flexibility index (Phi) is 13.2. The number of amides is 3. The van der Waals surface area contributed by atoms with E-state index in [1.54, 1.807) is 39.0 Å². The number of hydrogen-bond acceptors (Lipinski definition) is 9. The predicted octanol–water partition coefficient (Wildman–Crippen LogP) is 4.67. The molecule has 2 aliphatic rings. The van der Waals surface area contributed by atoms with Crippen LogP contribution in [-0.4, -0.2) is 83.0 Å². The van der Waals surface area contributed by atoms with Crippen molar-refractivity contribution < 1.29 is 47.0 Å². The Morgan fingerprint density at radius 2 is 1.98 bits per heavy atom. The van der Waals surface area contributed by atoms with Crippen LogP contribution >= 0.6 is 0 Å². The van der Waals surface area contributed by atoms with Crippen molar-refractivity contribution in [3.8, 4) is 0 Å². The second kappa shape index (κ2) is 17.5. The van der Waals surface area contributed by atoms with E-state index in [2.05, 4.69) is 15.6 Å². The van der Waals surface area contributed by atoms with E-state index < -0.39 is 66.0 Å². The Bertz CT molecular complexity index is 1560. The highest BCUT2D eigenvalue weighted by Crippen LogP contribution is 2.26. The molecule has 1 aromatic heterocycles. The number of fused-ring (bicyclic) bond motifs is 3. The molecule has 6 atom stereocenters. The fourth-order valence-corrected chi connectivity index (χ4v) is 5.62. The van der Waals surface area contributed by atoms with Crippen LogP contribution in [0.25, 0.3) is 0 Å². The van der Waals surface area contributed by atoms with Gasteiger partial charge in [-0.05, 0) is 50.1 Å². The van der Waals surface area contributed by atoms with Crippen LogP contribution in [0.5, 0.6) is 0 Å². The Morgan fingerprint density at radius 3 is 2.73 bits per heavy atom. The van der Waals surface area contributed by atoms with Crippen molar-refractivity contribution in [1.82, 2.24) is 15.2 Å². The number of anilines is 1. The molecule has 14 heteroatoms. The van der Waals surface area contributed by atoms with E-state index in [1.807, 2.05) is 0 Å². The van der Waals surface area contributed by atoms with Gasteiger partial charge in [-0.25, -0.2) is 23.4 Å². The number of aliphatic hydroxyl groups excluding tert-OH is 1. The first kappa shape index (κ1) is 37.0. The maximum atomic E-state index is 14.8. The largest absolute Gasteiger partial charge is 0.460 e. The zero-order valence-corrected chi connectivity index (χ0v) is 27.6. The predicted molar refractivity (Wildman–Crippen MR) is 174 cm³/mol. The number of allylic oxidation sites excluding steroid dienone is 2. The molecule has 0 radical (unpaired) electrons. The normalized spacial score (nSPS) is 27.5. The number of nitrogens with one attached hydrogen (secondary N) is 2. The zero-order chi connectivity index (χ0) is 35.5. The Balaban J connectivity index is 1.53. The third kappa shape index (κ3) is 11.1. The first-order valence-corrected chi connectivity index (χ1v) is 16.2. The molecule has 1 fully saturated rings. The molecule has 3 amide bonds. The molecule has 12 nitrogen and oxygen atoms in total. The summed E-state index contributed by atoms with van der Waals surface area (Å²) < 4.78 is 44.7. The quantitative estimate of drug-likeness (QED) is 0.389. The van der Waals surface area contributed by atoms with Gasteiger partial charge in [0.25, 0.3) is 5.91 Å². The summed E-state index contributed by atoms with van der Waals surface area (Å²) in [6.07, 6.45) is 4.94.